The minimum Gasteiger partial charge on any atom is -0.350 e. The van der Waals surface area contributed by atoms with Crippen molar-refractivity contribution in [2.45, 2.75) is 40.2 Å². The van der Waals surface area contributed by atoms with Gasteiger partial charge >= 0.3 is 0 Å². The molecule has 0 saturated carbocycles. The lowest BCUT2D eigenvalue weighted by Crippen LogP contribution is -2.40. The Hall–Kier alpha value is -1.49. The summed E-state index contributed by atoms with van der Waals surface area (Å²) in [5, 5.41) is 10.8. The van der Waals surface area contributed by atoms with E-state index >= 15 is 0 Å². The highest BCUT2D eigenvalue weighted by molar-refractivity contribution is 5.95. The lowest BCUT2D eigenvalue weighted by atomic mass is 10.1. The molecule has 0 aromatic carbocycles. The summed E-state index contributed by atoms with van der Waals surface area (Å²) >= 11 is 0. The van der Waals surface area contributed by atoms with Crippen LogP contribution in [0, 0.1) is 12.8 Å². The molecule has 1 atom stereocenters. The van der Waals surface area contributed by atoms with E-state index < -0.39 is 0 Å². The van der Waals surface area contributed by atoms with E-state index in [0.717, 1.165) is 11.4 Å². The van der Waals surface area contributed by atoms with Crippen LogP contribution in [0.3, 0.4) is 0 Å². The van der Waals surface area contributed by atoms with Gasteiger partial charge in [-0.2, -0.15) is 10.2 Å². The summed E-state index contributed by atoms with van der Waals surface area (Å²) in [5.41, 5.74) is 7.96. The molecule has 1 aromatic rings. The number of carbonyl (C=O) groups is 1. The largest absolute Gasteiger partial charge is 0.350 e. The summed E-state index contributed by atoms with van der Waals surface area (Å²) in [4.78, 5) is 12.1. The van der Waals surface area contributed by atoms with Crippen LogP contribution < -0.4 is 11.1 Å². The topological polar surface area (TPSA) is 80.9 Å². The first-order valence-corrected chi connectivity index (χ1v) is 6.32. The summed E-state index contributed by atoms with van der Waals surface area (Å²) in [6.45, 7) is 8.32. The number of hydrogen-bond acceptors (Lipinski definition) is 4. The summed E-state index contributed by atoms with van der Waals surface area (Å²) in [5.74, 6) is 0.217. The van der Waals surface area contributed by atoms with E-state index in [2.05, 4.69) is 15.5 Å². The highest BCUT2D eigenvalue weighted by atomic mass is 16.1. The van der Waals surface area contributed by atoms with Gasteiger partial charge in [0.05, 0.1) is 17.0 Å². The van der Waals surface area contributed by atoms with Crippen LogP contribution >= 0.6 is 0 Å². The molecule has 0 bridgehead atoms. The fraction of sp³-hybridized carbons (Fsp3) is 0.615. The smallest absolute Gasteiger partial charge is 0.253 e. The Kier molecular flexibility index (Phi) is 5.22. The van der Waals surface area contributed by atoms with Crippen molar-refractivity contribution in [2.24, 2.45) is 11.7 Å². The summed E-state index contributed by atoms with van der Waals surface area (Å²) in [6, 6.07) is 1.73. The average molecular weight is 250 g/mol. The first-order chi connectivity index (χ1) is 8.45. The second-order valence-corrected chi connectivity index (χ2v) is 4.82. The van der Waals surface area contributed by atoms with Crippen molar-refractivity contribution in [3.8, 4) is 0 Å². The zero-order valence-corrected chi connectivity index (χ0v) is 11.5. The minimum atomic E-state index is -0.124. The van der Waals surface area contributed by atoms with E-state index in [1.54, 1.807) is 6.07 Å². The predicted octanol–water partition coefficient (Wildman–Crippen LogP) is 1.06. The summed E-state index contributed by atoms with van der Waals surface area (Å²) in [7, 11) is 0. The Morgan fingerprint density at radius 2 is 2.11 bits per heavy atom. The fourth-order valence-electron chi connectivity index (χ4n) is 1.51. The summed E-state index contributed by atoms with van der Waals surface area (Å²) in [6.07, 6.45) is 0.687. The number of nitrogens with two attached hydrogens (primary N) is 1. The minimum absolute atomic E-state index is 0.0325. The van der Waals surface area contributed by atoms with Crippen LogP contribution in [0.2, 0.25) is 0 Å². The molecule has 1 heterocycles. The number of amides is 1. The lowest BCUT2D eigenvalue weighted by Gasteiger charge is -2.16. The highest BCUT2D eigenvalue weighted by Gasteiger charge is 2.14. The second-order valence-electron chi connectivity index (χ2n) is 4.82. The molecule has 0 saturated heterocycles. The quantitative estimate of drug-likeness (QED) is 0.818. The van der Waals surface area contributed by atoms with Crippen molar-refractivity contribution < 1.29 is 4.79 Å². The van der Waals surface area contributed by atoms with Crippen LogP contribution in [0.15, 0.2) is 6.07 Å². The van der Waals surface area contributed by atoms with Crippen molar-refractivity contribution in [1.29, 1.82) is 0 Å². The third kappa shape index (κ3) is 3.77. The number of rotatable bonds is 5. The molecule has 100 valence electrons. The Bertz CT molecular complexity index is 417. The number of nitrogens with zero attached hydrogens (tertiary/aromatic N) is 2. The van der Waals surface area contributed by atoms with Crippen molar-refractivity contribution >= 4 is 5.91 Å². The van der Waals surface area contributed by atoms with Crippen LogP contribution in [0.25, 0.3) is 0 Å². The van der Waals surface area contributed by atoms with Gasteiger partial charge in [-0.25, -0.2) is 0 Å². The average Bonchev–Trinajstić information content (AvgIpc) is 2.35. The fourth-order valence-corrected chi connectivity index (χ4v) is 1.51. The molecule has 5 heteroatoms. The van der Waals surface area contributed by atoms with E-state index in [1.807, 2.05) is 27.7 Å². The third-order valence-corrected chi connectivity index (χ3v) is 2.93. The molecule has 0 spiro atoms. The van der Waals surface area contributed by atoms with Crippen LogP contribution in [-0.2, 0) is 6.42 Å². The monoisotopic (exact) mass is 250 g/mol. The lowest BCUT2D eigenvalue weighted by molar-refractivity contribution is 0.0947. The van der Waals surface area contributed by atoms with E-state index in [-0.39, 0.29) is 11.9 Å². The van der Waals surface area contributed by atoms with E-state index in [0.29, 0.717) is 24.4 Å². The molecule has 0 aliphatic carbocycles. The Morgan fingerprint density at radius 1 is 1.44 bits per heavy atom. The van der Waals surface area contributed by atoms with Crippen molar-refractivity contribution in [2.75, 3.05) is 6.54 Å². The maximum atomic E-state index is 12.1. The van der Waals surface area contributed by atoms with Gasteiger partial charge in [-0.05, 0) is 25.3 Å². The SMILES string of the molecule is CCc1nnc(C)cc1C(=O)NCC(N)C(C)C. The standard InChI is InChI=1S/C13H22N4O/c1-5-12-10(6-9(4)16-17-12)13(18)15-7-11(14)8(2)3/h6,8,11H,5,7,14H2,1-4H3,(H,15,18). The molecule has 5 nitrogen and oxygen atoms in total. The first-order valence-electron chi connectivity index (χ1n) is 6.32. The Morgan fingerprint density at radius 3 is 2.67 bits per heavy atom. The van der Waals surface area contributed by atoms with Crippen molar-refractivity contribution in [3.05, 3.63) is 23.0 Å². The Balaban J connectivity index is 2.75. The first kappa shape index (κ1) is 14.6. The molecule has 18 heavy (non-hydrogen) atoms. The van der Waals surface area contributed by atoms with Gasteiger partial charge in [-0.1, -0.05) is 20.8 Å². The van der Waals surface area contributed by atoms with Gasteiger partial charge in [-0.3, -0.25) is 4.79 Å². The molecular formula is C13H22N4O. The van der Waals surface area contributed by atoms with Gasteiger partial charge in [0.15, 0.2) is 0 Å². The normalized spacial score (nSPS) is 12.6. The molecule has 1 aromatic heterocycles. The predicted molar refractivity (Wildman–Crippen MR) is 71.3 cm³/mol. The van der Waals surface area contributed by atoms with Gasteiger partial charge in [0.2, 0.25) is 0 Å². The molecule has 1 unspecified atom stereocenters. The molecule has 0 fully saturated rings. The van der Waals surface area contributed by atoms with Gasteiger partial charge < -0.3 is 11.1 Å². The molecular weight excluding hydrogens is 228 g/mol. The van der Waals surface area contributed by atoms with Crippen molar-refractivity contribution in [1.82, 2.24) is 15.5 Å². The summed E-state index contributed by atoms with van der Waals surface area (Å²) < 4.78 is 0. The second kappa shape index (κ2) is 6.44. The zero-order chi connectivity index (χ0) is 13.7. The van der Waals surface area contributed by atoms with Gasteiger partial charge in [0, 0.05) is 12.6 Å². The van der Waals surface area contributed by atoms with E-state index in [9.17, 15) is 4.79 Å². The molecule has 0 aliphatic heterocycles. The van der Waals surface area contributed by atoms with Crippen molar-refractivity contribution in [3.63, 3.8) is 0 Å². The maximum Gasteiger partial charge on any atom is 0.253 e. The van der Waals surface area contributed by atoms with Crippen LogP contribution in [0.5, 0.6) is 0 Å². The van der Waals surface area contributed by atoms with E-state index in [1.165, 1.54) is 0 Å². The van der Waals surface area contributed by atoms with Crippen LogP contribution in [0.4, 0.5) is 0 Å². The molecule has 3 N–H and O–H groups in total. The number of aryl methyl sites for hydroxylation is 2. The zero-order valence-electron chi connectivity index (χ0n) is 11.5. The molecule has 1 rings (SSSR count). The molecule has 0 radical (unpaired) electrons. The number of aromatic nitrogens is 2. The third-order valence-electron chi connectivity index (χ3n) is 2.93. The van der Waals surface area contributed by atoms with Gasteiger partial charge in [-0.15, -0.1) is 0 Å². The van der Waals surface area contributed by atoms with Gasteiger partial charge in [0.1, 0.15) is 0 Å². The molecule has 1 amide bonds. The molecule has 0 aliphatic rings. The highest BCUT2D eigenvalue weighted by Crippen LogP contribution is 2.07. The number of carbonyl (C=O) groups excluding carboxylic acids is 1. The van der Waals surface area contributed by atoms with Gasteiger partial charge in [0.25, 0.3) is 5.91 Å². The Labute approximate surface area is 108 Å². The van der Waals surface area contributed by atoms with Crippen LogP contribution in [-0.4, -0.2) is 28.7 Å². The van der Waals surface area contributed by atoms with Crippen LogP contribution in [0.1, 0.15) is 42.5 Å². The number of hydrogen-bond donors (Lipinski definition) is 2. The maximum absolute atomic E-state index is 12.1. The van der Waals surface area contributed by atoms with E-state index in [4.69, 9.17) is 5.73 Å². The number of nitrogens with one attached hydrogen (secondary N) is 1.